The molecular formula is C31H45N3O8. The Balaban J connectivity index is 2.02. The molecule has 1 fully saturated rings. The van der Waals surface area contributed by atoms with Crippen molar-refractivity contribution in [3.63, 3.8) is 0 Å². The van der Waals surface area contributed by atoms with Crippen molar-refractivity contribution in [3.05, 3.63) is 46.3 Å². The van der Waals surface area contributed by atoms with Crippen LogP contribution in [0.1, 0.15) is 59.8 Å². The van der Waals surface area contributed by atoms with Gasteiger partial charge in [-0.1, -0.05) is 26.0 Å². The Hall–Kier alpha value is -3.28. The third-order valence-corrected chi connectivity index (χ3v) is 8.26. The third-order valence-electron chi connectivity index (χ3n) is 8.26. The van der Waals surface area contributed by atoms with E-state index in [1.54, 1.807) is 19.9 Å². The number of ketones is 2. The van der Waals surface area contributed by atoms with Gasteiger partial charge in [0, 0.05) is 50.4 Å². The molecule has 3 aliphatic rings. The highest BCUT2D eigenvalue weighted by atomic mass is 16.6. The summed E-state index contributed by atoms with van der Waals surface area (Å²) in [5.74, 6) is -1.72. The lowest BCUT2D eigenvalue weighted by atomic mass is 9.84. The van der Waals surface area contributed by atoms with E-state index in [0.717, 1.165) is 6.42 Å². The summed E-state index contributed by atoms with van der Waals surface area (Å²) in [7, 11) is 3.01. The van der Waals surface area contributed by atoms with Crippen LogP contribution in [0.4, 0.5) is 4.79 Å². The number of carbonyl (C=O) groups excluding carboxylic acids is 4. The first-order chi connectivity index (χ1) is 19.9. The van der Waals surface area contributed by atoms with Gasteiger partial charge in [-0.05, 0) is 57.4 Å². The number of likely N-dealkylation sites (tertiary alicyclic amines) is 1. The van der Waals surface area contributed by atoms with Gasteiger partial charge < -0.3 is 35.3 Å². The van der Waals surface area contributed by atoms with Crippen LogP contribution in [0.25, 0.3) is 0 Å². The molecule has 6 atom stereocenters. The summed E-state index contributed by atoms with van der Waals surface area (Å²) < 4.78 is 16.8. The largest absolute Gasteiger partial charge is 0.439 e. The maximum atomic E-state index is 13.7. The summed E-state index contributed by atoms with van der Waals surface area (Å²) in [4.78, 5) is 53.6. The molecule has 11 nitrogen and oxygen atoms in total. The van der Waals surface area contributed by atoms with Crippen molar-refractivity contribution in [1.29, 1.82) is 0 Å². The molecule has 0 aromatic carbocycles. The van der Waals surface area contributed by atoms with Crippen LogP contribution in [0, 0.1) is 11.8 Å². The van der Waals surface area contributed by atoms with Crippen molar-refractivity contribution in [3.8, 4) is 0 Å². The number of hydrogen-bond donors (Lipinski definition) is 3. The van der Waals surface area contributed by atoms with Crippen molar-refractivity contribution >= 4 is 23.6 Å². The summed E-state index contributed by atoms with van der Waals surface area (Å²) >= 11 is 0. The Labute approximate surface area is 247 Å². The van der Waals surface area contributed by atoms with Crippen LogP contribution < -0.4 is 11.1 Å². The maximum Gasteiger partial charge on any atom is 0.405 e. The monoisotopic (exact) mass is 587 g/mol. The van der Waals surface area contributed by atoms with Gasteiger partial charge in [0.1, 0.15) is 0 Å². The molecule has 0 spiro atoms. The van der Waals surface area contributed by atoms with Gasteiger partial charge in [0.05, 0.1) is 29.7 Å². The zero-order valence-corrected chi connectivity index (χ0v) is 25.5. The number of fused-ring (bicyclic) bond motifs is 2. The number of aliphatic hydroxyl groups excluding tert-OH is 1. The number of primary amides is 1. The van der Waals surface area contributed by atoms with Crippen LogP contribution in [0.2, 0.25) is 0 Å². The molecule has 0 aromatic heterocycles. The first-order valence-electron chi connectivity index (χ1n) is 14.5. The molecule has 0 unspecified atom stereocenters. The molecule has 232 valence electrons. The van der Waals surface area contributed by atoms with Crippen molar-refractivity contribution in [2.45, 2.75) is 84.2 Å². The van der Waals surface area contributed by atoms with Crippen molar-refractivity contribution in [1.82, 2.24) is 10.2 Å². The van der Waals surface area contributed by atoms with Gasteiger partial charge in [-0.15, -0.1) is 0 Å². The van der Waals surface area contributed by atoms with Gasteiger partial charge in [-0.25, -0.2) is 4.79 Å². The quantitative estimate of drug-likeness (QED) is 0.332. The van der Waals surface area contributed by atoms with Crippen LogP contribution in [0.5, 0.6) is 0 Å². The van der Waals surface area contributed by atoms with E-state index in [9.17, 15) is 24.3 Å². The van der Waals surface area contributed by atoms with Crippen LogP contribution in [0.15, 0.2) is 46.3 Å². The lowest BCUT2D eigenvalue weighted by molar-refractivity contribution is -0.120. The van der Waals surface area contributed by atoms with Gasteiger partial charge in [0.15, 0.2) is 6.10 Å². The third kappa shape index (κ3) is 7.96. The molecule has 11 heteroatoms. The number of amides is 2. The molecule has 0 radical (unpaired) electrons. The Morgan fingerprint density at radius 2 is 1.76 bits per heavy atom. The summed E-state index contributed by atoms with van der Waals surface area (Å²) in [6.07, 6.45) is 3.25. The first-order valence-corrected chi connectivity index (χ1v) is 14.5. The fourth-order valence-corrected chi connectivity index (χ4v) is 5.76. The van der Waals surface area contributed by atoms with E-state index in [-0.39, 0.29) is 29.6 Å². The highest BCUT2D eigenvalue weighted by molar-refractivity contribution is 6.23. The highest BCUT2D eigenvalue weighted by Gasteiger charge is 2.36. The minimum atomic E-state index is -0.957. The molecule has 4 N–H and O–H groups in total. The number of methoxy groups -OCH3 is 2. The van der Waals surface area contributed by atoms with E-state index in [2.05, 4.69) is 5.32 Å². The zero-order valence-electron chi connectivity index (χ0n) is 25.5. The fourth-order valence-electron chi connectivity index (χ4n) is 5.76. The molecule has 0 aromatic rings. The number of nitrogens with two attached hydrogens (primary N) is 1. The summed E-state index contributed by atoms with van der Waals surface area (Å²) in [6.45, 7) is 8.56. The highest BCUT2D eigenvalue weighted by Crippen LogP contribution is 2.32. The molecular weight excluding hydrogens is 542 g/mol. The normalized spacial score (nSPS) is 33.1. The van der Waals surface area contributed by atoms with Gasteiger partial charge in [0.25, 0.3) is 5.91 Å². The van der Waals surface area contributed by atoms with E-state index in [1.807, 2.05) is 24.8 Å². The maximum absolute atomic E-state index is 13.7. The summed E-state index contributed by atoms with van der Waals surface area (Å²) in [6, 6.07) is 0. The van der Waals surface area contributed by atoms with Gasteiger partial charge >= 0.3 is 6.09 Å². The van der Waals surface area contributed by atoms with Crippen LogP contribution >= 0.6 is 0 Å². The van der Waals surface area contributed by atoms with Crippen molar-refractivity contribution < 1.29 is 38.5 Å². The molecule has 2 bridgehead atoms. The molecule has 0 saturated carbocycles. The average molecular weight is 588 g/mol. The Kier molecular flexibility index (Phi) is 11.7. The number of rotatable bonds is 4. The number of carbonyl (C=O) groups is 4. The Morgan fingerprint density at radius 3 is 2.33 bits per heavy atom. The lowest BCUT2D eigenvalue weighted by Gasteiger charge is -2.37. The number of Topliss-reactive ketones (excluding diaryl/α,β-unsaturated/α-hetero) is 1. The predicted octanol–water partition coefficient (Wildman–Crippen LogP) is 2.69. The SMILES string of the molecule is CO[C@H]1C[C@H](C)CC2=C(N3CCC3)C(=O)C=C(NC(=O)/C(C)=C/CC[C@H](OC)[C@@H](OC(N)=O)/C(C)=C/[C@H](C)[C@H]1O)C2=O. The molecule has 1 aliphatic carbocycles. The number of allylic oxidation sites excluding steroid dienone is 3. The average Bonchev–Trinajstić information content (AvgIpc) is 2.90. The van der Waals surface area contributed by atoms with Gasteiger partial charge in [-0.3, -0.25) is 14.4 Å². The second-order valence-corrected chi connectivity index (χ2v) is 11.5. The smallest absolute Gasteiger partial charge is 0.405 e. The zero-order chi connectivity index (χ0) is 31.1. The molecule has 2 aliphatic heterocycles. The van der Waals surface area contributed by atoms with Crippen LogP contribution in [-0.2, 0) is 28.6 Å². The lowest BCUT2D eigenvalue weighted by Crippen LogP contribution is -2.43. The molecule has 1 saturated heterocycles. The predicted molar refractivity (Wildman–Crippen MR) is 156 cm³/mol. The van der Waals surface area contributed by atoms with E-state index in [4.69, 9.17) is 19.9 Å². The van der Waals surface area contributed by atoms with Crippen LogP contribution in [0.3, 0.4) is 0 Å². The molecule has 3 rings (SSSR count). The minimum Gasteiger partial charge on any atom is -0.439 e. The topological polar surface area (TPSA) is 157 Å². The number of nitrogens with zero attached hydrogens (tertiary/aromatic N) is 1. The number of nitrogens with one attached hydrogen (secondary N) is 1. The van der Waals surface area contributed by atoms with E-state index < -0.39 is 42.3 Å². The standard InChI is InChI=1S/C31H45N3O8/c1-17-13-21-26(34-11-8-12-34)23(35)16-22(28(21)37)33-30(38)18(2)9-7-10-24(40-5)29(42-31(32)39)20(4)15-19(3)27(36)25(14-17)41-6/h9,15-17,19,24-25,27,29,36H,7-8,10-14H2,1-6H3,(H2,32,39)(H,33,38)/b18-9+,20-15+/t17-,19+,24+,25+,27-,29+/m1/s1. The van der Waals surface area contributed by atoms with Gasteiger partial charge in [-0.2, -0.15) is 0 Å². The van der Waals surface area contributed by atoms with Crippen molar-refractivity contribution in [2.24, 2.45) is 17.6 Å². The molecule has 2 heterocycles. The number of ether oxygens (including phenoxy) is 3. The first kappa shape index (κ1) is 33.2. The number of aliphatic hydroxyl groups is 1. The summed E-state index contributed by atoms with van der Waals surface area (Å²) in [5, 5.41) is 13.9. The van der Waals surface area contributed by atoms with Gasteiger partial charge in [0.2, 0.25) is 11.6 Å². The van der Waals surface area contributed by atoms with E-state index in [0.29, 0.717) is 54.8 Å². The Bertz CT molecular complexity index is 1180. The van der Waals surface area contributed by atoms with Crippen LogP contribution in [-0.4, -0.2) is 85.3 Å². The minimum absolute atomic E-state index is 0.0522. The fraction of sp³-hybridized carbons (Fsp3) is 0.613. The van der Waals surface area contributed by atoms with E-state index >= 15 is 0 Å². The van der Waals surface area contributed by atoms with Crippen molar-refractivity contribution in [2.75, 3.05) is 27.3 Å². The summed E-state index contributed by atoms with van der Waals surface area (Å²) in [5.41, 5.74) is 7.09. The molecule has 2 amide bonds. The molecule has 42 heavy (non-hydrogen) atoms. The number of hydrogen-bond acceptors (Lipinski definition) is 9. The Morgan fingerprint density at radius 1 is 1.10 bits per heavy atom. The second kappa shape index (κ2) is 14.8. The second-order valence-electron chi connectivity index (χ2n) is 11.5. The van der Waals surface area contributed by atoms with E-state index in [1.165, 1.54) is 20.3 Å².